The van der Waals surface area contributed by atoms with Crippen LogP contribution in [0.25, 0.3) is 0 Å². The van der Waals surface area contributed by atoms with E-state index in [-0.39, 0.29) is 5.75 Å². The molecule has 1 aromatic rings. The van der Waals surface area contributed by atoms with E-state index in [9.17, 15) is 8.42 Å². The van der Waals surface area contributed by atoms with E-state index < -0.39 is 10.0 Å². The van der Waals surface area contributed by atoms with Crippen LogP contribution >= 0.6 is 0 Å². The van der Waals surface area contributed by atoms with Gasteiger partial charge >= 0.3 is 0 Å². The number of rotatable bonds is 7. The van der Waals surface area contributed by atoms with Crippen molar-refractivity contribution in [3.63, 3.8) is 0 Å². The molecule has 0 amide bonds. The highest BCUT2D eigenvalue weighted by Crippen LogP contribution is 1.96. The fourth-order valence-electron chi connectivity index (χ4n) is 1.21. The Morgan fingerprint density at radius 1 is 1.50 bits per heavy atom. The van der Waals surface area contributed by atoms with Crippen molar-refractivity contribution >= 4 is 10.0 Å². The topological polar surface area (TPSA) is 76.0 Å². The van der Waals surface area contributed by atoms with Gasteiger partial charge in [0.05, 0.1) is 11.9 Å². The monoisotopic (exact) mass is 246 g/mol. The molecule has 1 rings (SSSR count). The summed E-state index contributed by atoms with van der Waals surface area (Å²) in [6.07, 6.45) is 3.43. The highest BCUT2D eigenvalue weighted by Gasteiger charge is 2.09. The van der Waals surface area contributed by atoms with E-state index in [0.717, 1.165) is 12.1 Å². The van der Waals surface area contributed by atoms with Gasteiger partial charge in [-0.25, -0.2) is 13.1 Å². The largest absolute Gasteiger partial charge is 0.316 e. The van der Waals surface area contributed by atoms with Gasteiger partial charge in [0.2, 0.25) is 10.0 Å². The molecule has 0 aliphatic heterocycles. The zero-order valence-corrected chi connectivity index (χ0v) is 10.4. The molecule has 0 fully saturated rings. The second kappa shape index (κ2) is 5.97. The van der Waals surface area contributed by atoms with Crippen molar-refractivity contribution in [2.45, 2.75) is 13.5 Å². The summed E-state index contributed by atoms with van der Waals surface area (Å²) in [6, 6.07) is 0. The van der Waals surface area contributed by atoms with Crippen LogP contribution in [0.5, 0.6) is 0 Å². The summed E-state index contributed by atoms with van der Waals surface area (Å²) in [4.78, 5) is 0. The number of aromatic nitrogens is 2. The molecule has 6 nitrogen and oxygen atoms in total. The van der Waals surface area contributed by atoms with Gasteiger partial charge in [-0.1, -0.05) is 6.92 Å². The van der Waals surface area contributed by atoms with Crippen molar-refractivity contribution in [2.75, 3.05) is 18.8 Å². The molecule has 0 radical (unpaired) electrons. The van der Waals surface area contributed by atoms with E-state index in [0.29, 0.717) is 13.1 Å². The molecular weight excluding hydrogens is 228 g/mol. The standard InChI is InChI=1S/C9H18N4O2S/c1-3-10-4-5-16(14,15)12-7-9-6-11-13(2)8-9/h6,8,10,12H,3-5,7H2,1-2H3. The molecule has 0 atom stereocenters. The van der Waals surface area contributed by atoms with E-state index in [1.54, 1.807) is 24.1 Å². The quantitative estimate of drug-likeness (QED) is 0.633. The van der Waals surface area contributed by atoms with E-state index in [4.69, 9.17) is 0 Å². The van der Waals surface area contributed by atoms with Gasteiger partial charge in [0, 0.05) is 31.9 Å². The number of sulfonamides is 1. The highest BCUT2D eigenvalue weighted by molar-refractivity contribution is 7.89. The number of nitrogens with zero attached hydrogens (tertiary/aromatic N) is 2. The molecule has 1 heterocycles. The zero-order chi connectivity index (χ0) is 12.0. The van der Waals surface area contributed by atoms with Crippen molar-refractivity contribution in [3.8, 4) is 0 Å². The van der Waals surface area contributed by atoms with Gasteiger partial charge in [0.15, 0.2) is 0 Å². The van der Waals surface area contributed by atoms with E-state index in [2.05, 4.69) is 15.1 Å². The number of nitrogens with one attached hydrogen (secondary N) is 2. The Hall–Kier alpha value is -0.920. The van der Waals surface area contributed by atoms with Gasteiger partial charge in [0.1, 0.15) is 0 Å². The van der Waals surface area contributed by atoms with Crippen LogP contribution in [0.15, 0.2) is 12.4 Å². The lowest BCUT2D eigenvalue weighted by Gasteiger charge is -2.05. The first kappa shape index (κ1) is 13.1. The van der Waals surface area contributed by atoms with Crippen molar-refractivity contribution in [2.24, 2.45) is 7.05 Å². The summed E-state index contributed by atoms with van der Waals surface area (Å²) < 4.78 is 27.2. The first-order chi connectivity index (χ1) is 7.53. The van der Waals surface area contributed by atoms with Gasteiger partial charge in [-0.2, -0.15) is 5.10 Å². The minimum atomic E-state index is -3.19. The van der Waals surface area contributed by atoms with Gasteiger partial charge in [-0.3, -0.25) is 4.68 Å². The van der Waals surface area contributed by atoms with Crippen LogP contribution in [0.1, 0.15) is 12.5 Å². The molecule has 2 N–H and O–H groups in total. The van der Waals surface area contributed by atoms with Crippen LogP contribution in [-0.2, 0) is 23.6 Å². The maximum absolute atomic E-state index is 11.5. The smallest absolute Gasteiger partial charge is 0.213 e. The van der Waals surface area contributed by atoms with E-state index in [1.165, 1.54) is 0 Å². The van der Waals surface area contributed by atoms with Gasteiger partial charge in [-0.05, 0) is 6.54 Å². The Morgan fingerprint density at radius 3 is 2.81 bits per heavy atom. The Kier molecular flexibility index (Phi) is 4.91. The van der Waals surface area contributed by atoms with E-state index in [1.807, 2.05) is 6.92 Å². The molecule has 0 spiro atoms. The fourth-order valence-corrected chi connectivity index (χ4v) is 2.16. The third-order valence-electron chi connectivity index (χ3n) is 2.05. The Bertz CT molecular complexity index is 413. The molecule has 16 heavy (non-hydrogen) atoms. The maximum Gasteiger partial charge on any atom is 0.213 e. The molecule has 0 saturated heterocycles. The minimum Gasteiger partial charge on any atom is -0.316 e. The minimum absolute atomic E-state index is 0.0983. The van der Waals surface area contributed by atoms with Crippen molar-refractivity contribution in [1.29, 1.82) is 0 Å². The van der Waals surface area contributed by atoms with Crippen molar-refractivity contribution < 1.29 is 8.42 Å². The lowest BCUT2D eigenvalue weighted by Crippen LogP contribution is -2.31. The van der Waals surface area contributed by atoms with Crippen LogP contribution in [0, 0.1) is 0 Å². The summed E-state index contributed by atoms with van der Waals surface area (Å²) in [5, 5.41) is 6.93. The lowest BCUT2D eigenvalue weighted by atomic mass is 10.4. The highest BCUT2D eigenvalue weighted by atomic mass is 32.2. The molecule has 0 saturated carbocycles. The summed E-state index contributed by atoms with van der Waals surface area (Å²) in [6.45, 7) is 3.48. The molecule has 0 bridgehead atoms. The molecule has 0 aliphatic carbocycles. The predicted molar refractivity (Wildman–Crippen MR) is 62.4 cm³/mol. The molecule has 0 unspecified atom stereocenters. The third-order valence-corrected chi connectivity index (χ3v) is 3.38. The number of hydrogen-bond acceptors (Lipinski definition) is 4. The molecule has 0 aliphatic rings. The first-order valence-electron chi connectivity index (χ1n) is 5.19. The third kappa shape index (κ3) is 4.73. The van der Waals surface area contributed by atoms with E-state index >= 15 is 0 Å². The summed E-state index contributed by atoms with van der Waals surface area (Å²) in [5.74, 6) is 0.0983. The van der Waals surface area contributed by atoms with Crippen LogP contribution in [-0.4, -0.2) is 37.0 Å². The normalized spacial score (nSPS) is 11.9. The summed E-state index contributed by atoms with van der Waals surface area (Å²) in [7, 11) is -1.40. The SMILES string of the molecule is CCNCCS(=O)(=O)NCc1cnn(C)c1. The molecule has 7 heteroatoms. The Labute approximate surface area is 96.1 Å². The van der Waals surface area contributed by atoms with Gasteiger partial charge < -0.3 is 5.32 Å². The Morgan fingerprint density at radius 2 is 2.25 bits per heavy atom. The van der Waals surface area contributed by atoms with Crippen LogP contribution in [0.4, 0.5) is 0 Å². The summed E-state index contributed by atoms with van der Waals surface area (Å²) in [5.41, 5.74) is 0.856. The number of aryl methyl sites for hydroxylation is 1. The Balaban J connectivity index is 2.36. The lowest BCUT2D eigenvalue weighted by molar-refractivity contribution is 0.577. The fraction of sp³-hybridized carbons (Fsp3) is 0.667. The molecular formula is C9H18N4O2S. The van der Waals surface area contributed by atoms with Crippen molar-refractivity contribution in [1.82, 2.24) is 19.8 Å². The van der Waals surface area contributed by atoms with Gasteiger partial charge in [-0.15, -0.1) is 0 Å². The average Bonchev–Trinajstić information content (AvgIpc) is 2.62. The molecule has 0 aromatic carbocycles. The second-order valence-electron chi connectivity index (χ2n) is 3.52. The van der Waals surface area contributed by atoms with Crippen molar-refractivity contribution in [3.05, 3.63) is 18.0 Å². The molecule has 92 valence electrons. The van der Waals surface area contributed by atoms with Crippen LogP contribution in [0.2, 0.25) is 0 Å². The zero-order valence-electron chi connectivity index (χ0n) is 9.60. The first-order valence-corrected chi connectivity index (χ1v) is 6.84. The second-order valence-corrected chi connectivity index (χ2v) is 5.44. The molecule has 1 aromatic heterocycles. The number of hydrogen-bond donors (Lipinski definition) is 2. The predicted octanol–water partition coefficient (Wildman–Crippen LogP) is -0.551. The average molecular weight is 246 g/mol. The van der Waals surface area contributed by atoms with Gasteiger partial charge in [0.25, 0.3) is 0 Å². The van der Waals surface area contributed by atoms with Crippen LogP contribution in [0.3, 0.4) is 0 Å². The summed E-state index contributed by atoms with van der Waals surface area (Å²) >= 11 is 0. The van der Waals surface area contributed by atoms with Crippen LogP contribution < -0.4 is 10.0 Å². The maximum atomic E-state index is 11.5.